The Kier molecular flexibility index (Phi) is 5.56. The standard InChI is InChI=1S/C23H23N3O4S/c1-16-11-20-19(15-30-21(20)12-17(16)2)13-23(27)25-7-9-26(10-8-25)31(28,29)22-6-4-3-5-18(22)14-24/h3-6,11-12,15H,7-10,13H2,1-2H3. The summed E-state index contributed by atoms with van der Waals surface area (Å²) in [6.45, 7) is 5.04. The van der Waals surface area contributed by atoms with E-state index in [2.05, 4.69) is 0 Å². The van der Waals surface area contributed by atoms with Crippen LogP contribution in [-0.2, 0) is 21.2 Å². The molecule has 31 heavy (non-hydrogen) atoms. The smallest absolute Gasteiger partial charge is 0.244 e. The minimum atomic E-state index is -3.78. The fourth-order valence-electron chi connectivity index (χ4n) is 3.85. The quantitative estimate of drug-likeness (QED) is 0.625. The number of carbonyl (C=O) groups is 1. The first-order chi connectivity index (χ1) is 14.8. The summed E-state index contributed by atoms with van der Waals surface area (Å²) in [6.07, 6.45) is 1.83. The number of benzene rings is 2. The van der Waals surface area contributed by atoms with Crippen LogP contribution in [0.15, 0.2) is 52.0 Å². The van der Waals surface area contributed by atoms with Crippen LogP contribution in [0.1, 0.15) is 22.3 Å². The number of hydrogen-bond donors (Lipinski definition) is 0. The lowest BCUT2D eigenvalue weighted by Gasteiger charge is -2.34. The Morgan fingerprint density at radius 1 is 1.10 bits per heavy atom. The van der Waals surface area contributed by atoms with E-state index >= 15 is 0 Å². The van der Waals surface area contributed by atoms with E-state index in [4.69, 9.17) is 4.42 Å². The van der Waals surface area contributed by atoms with Crippen LogP contribution < -0.4 is 0 Å². The molecule has 0 bridgehead atoms. The number of rotatable bonds is 4. The van der Waals surface area contributed by atoms with Gasteiger partial charge < -0.3 is 9.32 Å². The SMILES string of the molecule is Cc1cc2occ(CC(=O)N3CCN(S(=O)(=O)c4ccccc4C#N)CC3)c2cc1C. The average molecular weight is 438 g/mol. The van der Waals surface area contributed by atoms with Gasteiger partial charge in [-0.25, -0.2) is 8.42 Å². The van der Waals surface area contributed by atoms with E-state index in [0.29, 0.717) is 13.1 Å². The van der Waals surface area contributed by atoms with Gasteiger partial charge in [0.1, 0.15) is 11.7 Å². The zero-order valence-corrected chi connectivity index (χ0v) is 18.3. The zero-order chi connectivity index (χ0) is 22.2. The first kappa shape index (κ1) is 21.1. The lowest BCUT2D eigenvalue weighted by Crippen LogP contribution is -2.50. The predicted octanol–water partition coefficient (Wildman–Crippen LogP) is 3.00. The molecular formula is C23H23N3O4S. The summed E-state index contributed by atoms with van der Waals surface area (Å²) in [6, 6.07) is 12.1. The third kappa shape index (κ3) is 3.94. The lowest BCUT2D eigenvalue weighted by atomic mass is 10.0. The first-order valence-corrected chi connectivity index (χ1v) is 11.5. The molecule has 0 radical (unpaired) electrons. The normalized spacial score (nSPS) is 15.2. The Bertz CT molecular complexity index is 1300. The van der Waals surface area contributed by atoms with Crippen LogP contribution in [0.4, 0.5) is 0 Å². The van der Waals surface area contributed by atoms with Crippen molar-refractivity contribution < 1.29 is 17.6 Å². The second-order valence-electron chi connectivity index (χ2n) is 7.76. The third-order valence-electron chi connectivity index (χ3n) is 5.83. The molecule has 1 amide bonds. The van der Waals surface area contributed by atoms with Crippen molar-refractivity contribution in [2.24, 2.45) is 0 Å². The monoisotopic (exact) mass is 437 g/mol. The van der Waals surface area contributed by atoms with Gasteiger partial charge >= 0.3 is 0 Å². The summed E-state index contributed by atoms with van der Waals surface area (Å²) in [5, 5.41) is 10.2. The first-order valence-electron chi connectivity index (χ1n) is 10.1. The Morgan fingerprint density at radius 3 is 2.48 bits per heavy atom. The summed E-state index contributed by atoms with van der Waals surface area (Å²) < 4.78 is 32.9. The number of hydrogen-bond acceptors (Lipinski definition) is 5. The number of carbonyl (C=O) groups excluding carboxylic acids is 1. The molecule has 8 heteroatoms. The Morgan fingerprint density at radius 2 is 1.77 bits per heavy atom. The molecule has 0 N–H and O–H groups in total. The van der Waals surface area contributed by atoms with Crippen molar-refractivity contribution >= 4 is 26.9 Å². The average Bonchev–Trinajstić information content (AvgIpc) is 3.15. The Labute approximate surface area is 181 Å². The fourth-order valence-corrected chi connectivity index (χ4v) is 5.41. The number of aryl methyl sites for hydroxylation is 2. The van der Waals surface area contributed by atoms with Gasteiger partial charge in [-0.05, 0) is 49.2 Å². The molecule has 3 aromatic rings. The second-order valence-corrected chi connectivity index (χ2v) is 9.67. The Hall–Kier alpha value is -3.15. The maximum Gasteiger partial charge on any atom is 0.244 e. The molecule has 1 fully saturated rings. The van der Waals surface area contributed by atoms with Crippen molar-refractivity contribution in [1.82, 2.24) is 9.21 Å². The van der Waals surface area contributed by atoms with Crippen molar-refractivity contribution in [2.75, 3.05) is 26.2 Å². The number of sulfonamides is 1. The lowest BCUT2D eigenvalue weighted by molar-refractivity contribution is -0.131. The molecule has 2 aromatic carbocycles. The number of furan rings is 1. The van der Waals surface area contributed by atoms with Gasteiger partial charge in [-0.1, -0.05) is 12.1 Å². The van der Waals surface area contributed by atoms with Gasteiger partial charge in [0.2, 0.25) is 15.9 Å². The largest absolute Gasteiger partial charge is 0.464 e. The molecule has 0 spiro atoms. The maximum absolute atomic E-state index is 13.0. The molecule has 0 atom stereocenters. The number of fused-ring (bicyclic) bond motifs is 1. The molecule has 4 rings (SSSR count). The topological polar surface area (TPSA) is 94.6 Å². The van der Waals surface area contributed by atoms with Crippen molar-refractivity contribution in [3.8, 4) is 6.07 Å². The maximum atomic E-state index is 13.0. The molecular weight excluding hydrogens is 414 g/mol. The van der Waals surface area contributed by atoms with Gasteiger partial charge in [0.15, 0.2) is 0 Å². The minimum Gasteiger partial charge on any atom is -0.464 e. The van der Waals surface area contributed by atoms with Crippen LogP contribution in [0.25, 0.3) is 11.0 Å². The molecule has 0 saturated carbocycles. The van der Waals surface area contributed by atoms with Crippen LogP contribution in [-0.4, -0.2) is 49.7 Å². The highest BCUT2D eigenvalue weighted by atomic mass is 32.2. The summed E-state index contributed by atoms with van der Waals surface area (Å²) in [5.41, 5.74) is 3.99. The molecule has 1 saturated heterocycles. The van der Waals surface area contributed by atoms with E-state index in [0.717, 1.165) is 27.7 Å². The van der Waals surface area contributed by atoms with E-state index in [9.17, 15) is 18.5 Å². The van der Waals surface area contributed by atoms with E-state index in [-0.39, 0.29) is 35.9 Å². The fraction of sp³-hybridized carbons (Fsp3) is 0.304. The zero-order valence-electron chi connectivity index (χ0n) is 17.5. The van der Waals surface area contributed by atoms with Crippen LogP contribution in [0.5, 0.6) is 0 Å². The summed E-state index contributed by atoms with van der Waals surface area (Å²) in [4.78, 5) is 14.6. The van der Waals surface area contributed by atoms with E-state index in [1.165, 1.54) is 16.4 Å². The van der Waals surface area contributed by atoms with Gasteiger partial charge in [0.05, 0.1) is 23.1 Å². The van der Waals surface area contributed by atoms with Crippen LogP contribution in [0.2, 0.25) is 0 Å². The van der Waals surface area contributed by atoms with Gasteiger partial charge in [0, 0.05) is 37.1 Å². The van der Waals surface area contributed by atoms with Gasteiger partial charge in [-0.15, -0.1) is 0 Å². The summed E-state index contributed by atoms with van der Waals surface area (Å²) in [7, 11) is -3.78. The number of piperazine rings is 1. The summed E-state index contributed by atoms with van der Waals surface area (Å²) in [5.74, 6) is -0.0598. The highest BCUT2D eigenvalue weighted by molar-refractivity contribution is 7.89. The third-order valence-corrected chi connectivity index (χ3v) is 7.79. The van der Waals surface area contributed by atoms with Crippen LogP contribution >= 0.6 is 0 Å². The highest BCUT2D eigenvalue weighted by Crippen LogP contribution is 2.26. The second kappa shape index (κ2) is 8.17. The van der Waals surface area contributed by atoms with Crippen molar-refractivity contribution in [2.45, 2.75) is 25.2 Å². The van der Waals surface area contributed by atoms with Gasteiger partial charge in [-0.2, -0.15) is 9.57 Å². The van der Waals surface area contributed by atoms with Crippen molar-refractivity contribution in [3.63, 3.8) is 0 Å². The molecule has 7 nitrogen and oxygen atoms in total. The molecule has 1 aliphatic heterocycles. The molecule has 2 heterocycles. The molecule has 0 unspecified atom stereocenters. The molecule has 1 aromatic heterocycles. The van der Waals surface area contributed by atoms with Crippen LogP contribution in [0.3, 0.4) is 0 Å². The highest BCUT2D eigenvalue weighted by Gasteiger charge is 2.31. The van der Waals surface area contributed by atoms with Crippen molar-refractivity contribution in [1.29, 1.82) is 5.26 Å². The van der Waals surface area contributed by atoms with E-state index < -0.39 is 10.0 Å². The van der Waals surface area contributed by atoms with Gasteiger partial charge in [0.25, 0.3) is 0 Å². The predicted molar refractivity (Wildman–Crippen MR) is 116 cm³/mol. The van der Waals surface area contributed by atoms with E-state index in [1.807, 2.05) is 32.0 Å². The minimum absolute atomic E-state index is 0.00723. The molecule has 1 aliphatic rings. The van der Waals surface area contributed by atoms with Crippen molar-refractivity contribution in [3.05, 3.63) is 64.9 Å². The summed E-state index contributed by atoms with van der Waals surface area (Å²) >= 11 is 0. The number of amides is 1. The molecule has 0 aliphatic carbocycles. The number of nitrogens with zero attached hydrogens (tertiary/aromatic N) is 3. The van der Waals surface area contributed by atoms with Gasteiger partial charge in [-0.3, -0.25) is 4.79 Å². The molecule has 160 valence electrons. The van der Waals surface area contributed by atoms with E-state index in [1.54, 1.807) is 23.3 Å². The van der Waals surface area contributed by atoms with Crippen LogP contribution in [0, 0.1) is 25.2 Å². The Balaban J connectivity index is 1.45. The number of nitriles is 1.